The molecular formula is C21H25N3O4. The number of allylic oxidation sites excluding steroid dienone is 1. The zero-order valence-electron chi connectivity index (χ0n) is 16.2. The molecule has 0 radical (unpaired) electrons. The number of methoxy groups -OCH3 is 1. The zero-order valence-corrected chi connectivity index (χ0v) is 16.2. The maximum atomic E-state index is 12.3. The first-order chi connectivity index (χ1) is 13.5. The van der Waals surface area contributed by atoms with Crippen LogP contribution in [0.2, 0.25) is 0 Å². The number of ether oxygens (including phenoxy) is 2. The van der Waals surface area contributed by atoms with E-state index in [2.05, 4.69) is 16.6 Å². The van der Waals surface area contributed by atoms with Gasteiger partial charge in [0.25, 0.3) is 0 Å². The lowest BCUT2D eigenvalue weighted by Gasteiger charge is -2.36. The molecule has 0 bridgehead atoms. The van der Waals surface area contributed by atoms with Crippen LogP contribution in [0.4, 0.5) is 0 Å². The number of carboxylic acids is 1. The number of likely N-dealkylation sites (tertiary alicyclic amines) is 1. The first-order valence-electron chi connectivity index (χ1n) is 9.38. The minimum Gasteiger partial charge on any atom is -0.493 e. The fraction of sp³-hybridized carbons (Fsp3) is 0.429. The number of hydrogen-bond acceptors (Lipinski definition) is 5. The number of para-hydroxylation sites is 1. The second-order valence-corrected chi connectivity index (χ2v) is 7.60. The molecule has 148 valence electrons. The summed E-state index contributed by atoms with van der Waals surface area (Å²) in [7, 11) is 1.60. The van der Waals surface area contributed by atoms with Gasteiger partial charge >= 0.3 is 5.97 Å². The van der Waals surface area contributed by atoms with Crippen molar-refractivity contribution in [2.24, 2.45) is 5.41 Å². The van der Waals surface area contributed by atoms with E-state index in [1.165, 1.54) is 0 Å². The zero-order chi connectivity index (χ0) is 19.9. The van der Waals surface area contributed by atoms with Crippen molar-refractivity contribution in [3.8, 4) is 11.5 Å². The highest BCUT2D eigenvalue weighted by atomic mass is 16.5. The van der Waals surface area contributed by atoms with Gasteiger partial charge in [-0.05, 0) is 13.0 Å². The molecule has 0 unspecified atom stereocenters. The van der Waals surface area contributed by atoms with Gasteiger partial charge in [0.2, 0.25) is 0 Å². The first-order valence-corrected chi connectivity index (χ1v) is 9.38. The molecule has 1 aromatic carbocycles. The van der Waals surface area contributed by atoms with E-state index in [1.807, 2.05) is 42.1 Å². The topological polar surface area (TPSA) is 76.8 Å². The summed E-state index contributed by atoms with van der Waals surface area (Å²) < 4.78 is 13.2. The van der Waals surface area contributed by atoms with E-state index in [1.54, 1.807) is 7.11 Å². The van der Waals surface area contributed by atoms with Gasteiger partial charge in [0.05, 0.1) is 19.3 Å². The molecule has 0 saturated carbocycles. The summed E-state index contributed by atoms with van der Waals surface area (Å²) in [6, 6.07) is 5.69. The average Bonchev–Trinajstić information content (AvgIpc) is 3.22. The minimum absolute atomic E-state index is 0.144. The van der Waals surface area contributed by atoms with E-state index in [0.29, 0.717) is 37.7 Å². The molecule has 2 atom stereocenters. The van der Waals surface area contributed by atoms with Crippen LogP contribution in [-0.2, 0) is 17.9 Å². The predicted octanol–water partition coefficient (Wildman–Crippen LogP) is 2.45. The van der Waals surface area contributed by atoms with Crippen molar-refractivity contribution >= 4 is 5.97 Å². The molecule has 1 fully saturated rings. The van der Waals surface area contributed by atoms with Crippen molar-refractivity contribution in [2.45, 2.75) is 25.9 Å². The Morgan fingerprint density at radius 3 is 3.07 bits per heavy atom. The van der Waals surface area contributed by atoms with Crippen LogP contribution in [0.15, 0.2) is 37.1 Å². The third-order valence-electron chi connectivity index (χ3n) is 5.88. The van der Waals surface area contributed by atoms with Gasteiger partial charge in [-0.25, -0.2) is 0 Å². The smallest absolute Gasteiger partial charge is 0.315 e. The lowest BCUT2D eigenvalue weighted by atomic mass is 9.73. The number of nitrogens with zero attached hydrogens (tertiary/aromatic N) is 3. The SMILES string of the molecule is C=CCn1cc(CN2C[C@@H]3c4cccc(OC)c4OC[C@]3(C(=O)O)C2)c(C)n1. The molecule has 2 aromatic rings. The third-order valence-corrected chi connectivity index (χ3v) is 5.88. The van der Waals surface area contributed by atoms with Crippen LogP contribution in [0, 0.1) is 12.3 Å². The molecular weight excluding hydrogens is 358 g/mol. The van der Waals surface area contributed by atoms with Crippen molar-refractivity contribution in [1.82, 2.24) is 14.7 Å². The second kappa shape index (κ2) is 6.98. The molecule has 0 aliphatic carbocycles. The molecule has 2 aliphatic rings. The molecule has 1 aromatic heterocycles. The van der Waals surface area contributed by atoms with E-state index in [4.69, 9.17) is 9.47 Å². The number of benzene rings is 1. The highest BCUT2D eigenvalue weighted by Crippen LogP contribution is 2.52. The van der Waals surface area contributed by atoms with Gasteiger partial charge in [0, 0.05) is 42.9 Å². The van der Waals surface area contributed by atoms with E-state index >= 15 is 0 Å². The molecule has 7 heteroatoms. The number of hydrogen-bond donors (Lipinski definition) is 1. The molecule has 1 saturated heterocycles. The van der Waals surface area contributed by atoms with Crippen molar-refractivity contribution in [2.75, 3.05) is 26.8 Å². The summed E-state index contributed by atoms with van der Waals surface area (Å²) in [6.45, 7) is 8.29. The number of carboxylic acid groups (broad SMARTS) is 1. The number of fused-ring (bicyclic) bond motifs is 3. The van der Waals surface area contributed by atoms with E-state index in [-0.39, 0.29) is 12.5 Å². The van der Waals surface area contributed by atoms with Gasteiger partial charge in [-0.3, -0.25) is 14.4 Å². The van der Waals surface area contributed by atoms with Gasteiger partial charge in [0.15, 0.2) is 11.5 Å². The van der Waals surface area contributed by atoms with Crippen LogP contribution < -0.4 is 9.47 Å². The Morgan fingerprint density at radius 1 is 1.54 bits per heavy atom. The van der Waals surface area contributed by atoms with Crippen LogP contribution in [0.3, 0.4) is 0 Å². The summed E-state index contributed by atoms with van der Waals surface area (Å²) in [5, 5.41) is 14.6. The monoisotopic (exact) mass is 383 g/mol. The first kappa shape index (κ1) is 18.6. The van der Waals surface area contributed by atoms with Gasteiger partial charge < -0.3 is 14.6 Å². The Hall–Kier alpha value is -2.80. The van der Waals surface area contributed by atoms with Crippen LogP contribution in [0.5, 0.6) is 11.5 Å². The van der Waals surface area contributed by atoms with Crippen LogP contribution in [0.1, 0.15) is 22.7 Å². The number of rotatable bonds is 6. The normalized spacial score (nSPS) is 23.6. The van der Waals surface area contributed by atoms with Gasteiger partial charge in [-0.15, -0.1) is 6.58 Å². The Bertz CT molecular complexity index is 922. The Kier molecular flexibility index (Phi) is 4.63. The van der Waals surface area contributed by atoms with Crippen LogP contribution >= 0.6 is 0 Å². The average molecular weight is 383 g/mol. The Morgan fingerprint density at radius 2 is 2.36 bits per heavy atom. The summed E-state index contributed by atoms with van der Waals surface area (Å²) in [6.07, 6.45) is 3.82. The number of aryl methyl sites for hydroxylation is 1. The summed E-state index contributed by atoms with van der Waals surface area (Å²) in [5.74, 6) is 0.361. The molecule has 28 heavy (non-hydrogen) atoms. The third kappa shape index (κ3) is 2.86. The fourth-order valence-electron chi connectivity index (χ4n) is 4.45. The van der Waals surface area contributed by atoms with Gasteiger partial charge in [-0.1, -0.05) is 18.2 Å². The molecule has 0 spiro atoms. The number of aromatic nitrogens is 2. The quantitative estimate of drug-likeness (QED) is 0.772. The highest BCUT2D eigenvalue weighted by molar-refractivity contribution is 5.79. The maximum Gasteiger partial charge on any atom is 0.315 e. The molecule has 7 nitrogen and oxygen atoms in total. The van der Waals surface area contributed by atoms with E-state index in [0.717, 1.165) is 16.8 Å². The largest absolute Gasteiger partial charge is 0.493 e. The maximum absolute atomic E-state index is 12.3. The van der Waals surface area contributed by atoms with Gasteiger partial charge in [0.1, 0.15) is 12.0 Å². The predicted molar refractivity (Wildman–Crippen MR) is 104 cm³/mol. The minimum atomic E-state index is -0.954. The summed E-state index contributed by atoms with van der Waals surface area (Å²) in [4.78, 5) is 14.5. The lowest BCUT2D eigenvalue weighted by Crippen LogP contribution is -2.45. The standard InChI is InChI=1S/C21H25N3O4/c1-4-8-24-10-15(14(2)22-24)9-23-11-17-16-6-5-7-18(27-3)19(16)28-13-21(17,12-23)20(25)26/h4-7,10,17H,1,8-9,11-13H2,2-3H3,(H,25,26)/t17-,21-/m1/s1. The van der Waals surface area contributed by atoms with Crippen molar-refractivity contribution < 1.29 is 19.4 Å². The summed E-state index contributed by atoms with van der Waals surface area (Å²) >= 11 is 0. The second-order valence-electron chi connectivity index (χ2n) is 7.60. The number of carbonyl (C=O) groups is 1. The van der Waals surface area contributed by atoms with E-state index in [9.17, 15) is 9.90 Å². The molecule has 3 heterocycles. The lowest BCUT2D eigenvalue weighted by molar-refractivity contribution is -0.152. The number of aliphatic carboxylic acids is 1. The van der Waals surface area contributed by atoms with Gasteiger partial charge in [-0.2, -0.15) is 5.10 Å². The van der Waals surface area contributed by atoms with Crippen molar-refractivity contribution in [3.05, 3.63) is 53.9 Å². The summed E-state index contributed by atoms with van der Waals surface area (Å²) in [5.41, 5.74) is 2.02. The van der Waals surface area contributed by atoms with Crippen LogP contribution in [0.25, 0.3) is 0 Å². The van der Waals surface area contributed by atoms with Crippen LogP contribution in [-0.4, -0.2) is 52.6 Å². The molecule has 0 amide bonds. The van der Waals surface area contributed by atoms with Crippen molar-refractivity contribution in [3.63, 3.8) is 0 Å². The Balaban J connectivity index is 1.65. The molecule has 2 aliphatic heterocycles. The highest BCUT2D eigenvalue weighted by Gasteiger charge is 2.56. The molecule has 1 N–H and O–H groups in total. The molecule has 4 rings (SSSR count). The fourth-order valence-corrected chi connectivity index (χ4v) is 4.45. The van der Waals surface area contributed by atoms with Crippen molar-refractivity contribution in [1.29, 1.82) is 0 Å². The van der Waals surface area contributed by atoms with E-state index < -0.39 is 11.4 Å². The Labute approximate surface area is 164 Å².